The molecule has 0 aliphatic heterocycles. The van der Waals surface area contributed by atoms with Crippen LogP contribution in [0.25, 0.3) is 0 Å². The Morgan fingerprint density at radius 1 is 1.04 bits per heavy atom. The van der Waals surface area contributed by atoms with Crippen LogP contribution in [0.3, 0.4) is 0 Å². The molecule has 0 aliphatic rings. The van der Waals surface area contributed by atoms with Gasteiger partial charge in [0.2, 0.25) is 0 Å². The van der Waals surface area contributed by atoms with Gasteiger partial charge in [-0.1, -0.05) is 11.6 Å². The van der Waals surface area contributed by atoms with Gasteiger partial charge in [-0.2, -0.15) is 0 Å². The molecule has 0 aromatic heterocycles. The number of amides is 1. The Kier molecular flexibility index (Phi) is 6.36. The molecule has 7 heteroatoms. The Morgan fingerprint density at radius 3 is 2.36 bits per heavy atom. The summed E-state index contributed by atoms with van der Waals surface area (Å²) in [7, 11) is 4.56. The molecule has 134 valence electrons. The predicted octanol–water partition coefficient (Wildman–Crippen LogP) is 4.02. The van der Waals surface area contributed by atoms with Crippen LogP contribution in [-0.4, -0.2) is 33.8 Å². The first kappa shape index (κ1) is 18.7. The number of nitrogens with one attached hydrogen (secondary N) is 1. The van der Waals surface area contributed by atoms with Crippen LogP contribution in [-0.2, 0) is 0 Å². The SMILES string of the molecule is CCOc1c(Cl)cc(C(=O)Nc2ccc(OC)cc2OC)cc1OC. The minimum atomic E-state index is -0.355. The largest absolute Gasteiger partial charge is 0.497 e. The second-order valence-corrected chi connectivity index (χ2v) is 5.35. The van der Waals surface area contributed by atoms with Gasteiger partial charge in [0.25, 0.3) is 5.91 Å². The van der Waals surface area contributed by atoms with Crippen molar-refractivity contribution in [1.82, 2.24) is 0 Å². The van der Waals surface area contributed by atoms with Gasteiger partial charge in [0, 0.05) is 11.6 Å². The molecule has 0 bridgehead atoms. The van der Waals surface area contributed by atoms with Gasteiger partial charge in [0.15, 0.2) is 11.5 Å². The lowest BCUT2D eigenvalue weighted by Gasteiger charge is -2.14. The van der Waals surface area contributed by atoms with Gasteiger partial charge in [0.1, 0.15) is 11.5 Å². The summed E-state index contributed by atoms with van der Waals surface area (Å²) in [5, 5.41) is 3.08. The fourth-order valence-electron chi connectivity index (χ4n) is 2.23. The van der Waals surface area contributed by atoms with Crippen molar-refractivity contribution in [2.45, 2.75) is 6.92 Å². The smallest absolute Gasteiger partial charge is 0.255 e. The molecule has 0 saturated heterocycles. The van der Waals surface area contributed by atoms with Gasteiger partial charge in [-0.05, 0) is 31.2 Å². The van der Waals surface area contributed by atoms with E-state index in [-0.39, 0.29) is 5.91 Å². The van der Waals surface area contributed by atoms with Crippen LogP contribution in [0, 0.1) is 0 Å². The normalized spacial score (nSPS) is 10.1. The molecule has 2 rings (SSSR count). The van der Waals surface area contributed by atoms with Crippen molar-refractivity contribution in [3.05, 3.63) is 40.9 Å². The van der Waals surface area contributed by atoms with Gasteiger partial charge >= 0.3 is 0 Å². The summed E-state index contributed by atoms with van der Waals surface area (Å²) in [5.41, 5.74) is 0.848. The minimum Gasteiger partial charge on any atom is -0.497 e. The first-order valence-corrected chi connectivity index (χ1v) is 7.95. The quantitative estimate of drug-likeness (QED) is 0.802. The molecule has 6 nitrogen and oxygen atoms in total. The highest BCUT2D eigenvalue weighted by molar-refractivity contribution is 6.32. The number of ether oxygens (including phenoxy) is 4. The number of carbonyl (C=O) groups excluding carboxylic acids is 1. The predicted molar refractivity (Wildman–Crippen MR) is 96.7 cm³/mol. The second-order valence-electron chi connectivity index (χ2n) is 4.94. The van der Waals surface area contributed by atoms with Crippen molar-refractivity contribution in [1.29, 1.82) is 0 Å². The molecule has 0 heterocycles. The molecule has 1 amide bonds. The summed E-state index contributed by atoms with van der Waals surface area (Å²) in [6.45, 7) is 2.27. The van der Waals surface area contributed by atoms with Crippen molar-refractivity contribution in [2.24, 2.45) is 0 Å². The van der Waals surface area contributed by atoms with Crippen molar-refractivity contribution >= 4 is 23.2 Å². The lowest BCUT2D eigenvalue weighted by atomic mass is 10.1. The number of anilines is 1. The molecule has 25 heavy (non-hydrogen) atoms. The Labute approximate surface area is 151 Å². The van der Waals surface area contributed by atoms with Crippen molar-refractivity contribution in [3.8, 4) is 23.0 Å². The first-order chi connectivity index (χ1) is 12.0. The molecule has 0 spiro atoms. The summed E-state index contributed by atoms with van der Waals surface area (Å²) in [6, 6.07) is 8.21. The van der Waals surface area contributed by atoms with E-state index in [0.717, 1.165) is 0 Å². The number of hydrogen-bond donors (Lipinski definition) is 1. The van der Waals surface area contributed by atoms with E-state index < -0.39 is 0 Å². The molecular formula is C18H20ClNO5. The molecule has 0 atom stereocenters. The fraction of sp³-hybridized carbons (Fsp3) is 0.278. The van der Waals surface area contributed by atoms with Crippen LogP contribution in [0.5, 0.6) is 23.0 Å². The summed E-state index contributed by atoms with van der Waals surface area (Å²) >= 11 is 6.21. The zero-order valence-electron chi connectivity index (χ0n) is 14.5. The lowest BCUT2D eigenvalue weighted by molar-refractivity contribution is 0.102. The third kappa shape index (κ3) is 4.28. The maximum Gasteiger partial charge on any atom is 0.255 e. The highest BCUT2D eigenvalue weighted by atomic mass is 35.5. The molecule has 2 aromatic rings. The topological polar surface area (TPSA) is 66.0 Å². The Balaban J connectivity index is 2.31. The monoisotopic (exact) mass is 365 g/mol. The summed E-state index contributed by atoms with van der Waals surface area (Å²) in [4.78, 5) is 12.6. The minimum absolute atomic E-state index is 0.299. The molecule has 0 saturated carbocycles. The van der Waals surface area contributed by atoms with Crippen molar-refractivity contribution in [3.63, 3.8) is 0 Å². The van der Waals surface area contributed by atoms with Crippen LogP contribution in [0.15, 0.2) is 30.3 Å². The zero-order chi connectivity index (χ0) is 18.4. The number of carbonyl (C=O) groups is 1. The first-order valence-electron chi connectivity index (χ1n) is 7.57. The molecule has 1 N–H and O–H groups in total. The van der Waals surface area contributed by atoms with Crippen LogP contribution >= 0.6 is 11.6 Å². The molecule has 2 aromatic carbocycles. The average molecular weight is 366 g/mol. The number of benzene rings is 2. The highest BCUT2D eigenvalue weighted by Gasteiger charge is 2.17. The van der Waals surface area contributed by atoms with E-state index in [1.54, 1.807) is 31.4 Å². The van der Waals surface area contributed by atoms with E-state index in [9.17, 15) is 4.79 Å². The van der Waals surface area contributed by atoms with Crippen LogP contribution in [0.4, 0.5) is 5.69 Å². The van der Waals surface area contributed by atoms with E-state index in [0.29, 0.717) is 45.9 Å². The van der Waals surface area contributed by atoms with Gasteiger partial charge in [0.05, 0.1) is 38.6 Å². The van der Waals surface area contributed by atoms with E-state index in [1.807, 2.05) is 6.92 Å². The van der Waals surface area contributed by atoms with E-state index in [2.05, 4.69) is 5.32 Å². The maximum absolute atomic E-state index is 12.6. The standard InChI is InChI=1S/C18H20ClNO5/c1-5-25-17-13(19)8-11(9-16(17)24-4)18(21)20-14-7-6-12(22-2)10-15(14)23-3/h6-10H,5H2,1-4H3,(H,20,21). The maximum atomic E-state index is 12.6. The highest BCUT2D eigenvalue weighted by Crippen LogP contribution is 2.37. The van der Waals surface area contributed by atoms with Crippen LogP contribution in [0.2, 0.25) is 5.02 Å². The van der Waals surface area contributed by atoms with Gasteiger partial charge in [-0.25, -0.2) is 0 Å². The molecule has 0 aliphatic carbocycles. The van der Waals surface area contributed by atoms with Crippen LogP contribution < -0.4 is 24.3 Å². The Morgan fingerprint density at radius 2 is 1.76 bits per heavy atom. The van der Waals surface area contributed by atoms with E-state index in [1.165, 1.54) is 20.3 Å². The van der Waals surface area contributed by atoms with Crippen molar-refractivity contribution in [2.75, 3.05) is 33.3 Å². The number of methoxy groups -OCH3 is 3. The Bertz CT molecular complexity index is 763. The van der Waals surface area contributed by atoms with Crippen LogP contribution in [0.1, 0.15) is 17.3 Å². The molecule has 0 fully saturated rings. The number of rotatable bonds is 7. The van der Waals surface area contributed by atoms with Gasteiger partial charge in [-0.15, -0.1) is 0 Å². The van der Waals surface area contributed by atoms with Gasteiger partial charge in [-0.3, -0.25) is 4.79 Å². The molecular weight excluding hydrogens is 346 g/mol. The zero-order valence-corrected chi connectivity index (χ0v) is 15.3. The van der Waals surface area contributed by atoms with Gasteiger partial charge < -0.3 is 24.3 Å². The second kappa shape index (κ2) is 8.48. The number of hydrogen-bond acceptors (Lipinski definition) is 5. The summed E-state index contributed by atoms with van der Waals surface area (Å²) in [5.74, 6) is 1.55. The summed E-state index contributed by atoms with van der Waals surface area (Å²) in [6.07, 6.45) is 0. The third-order valence-corrected chi connectivity index (χ3v) is 3.72. The Hall–Kier alpha value is -2.60. The third-order valence-electron chi connectivity index (χ3n) is 3.44. The fourth-order valence-corrected chi connectivity index (χ4v) is 2.50. The van der Waals surface area contributed by atoms with E-state index >= 15 is 0 Å². The average Bonchev–Trinajstić information content (AvgIpc) is 2.63. The number of halogens is 1. The van der Waals surface area contributed by atoms with Crippen molar-refractivity contribution < 1.29 is 23.7 Å². The van der Waals surface area contributed by atoms with E-state index in [4.69, 9.17) is 30.5 Å². The summed E-state index contributed by atoms with van der Waals surface area (Å²) < 4.78 is 21.1. The lowest BCUT2D eigenvalue weighted by Crippen LogP contribution is -2.13. The molecule has 0 radical (unpaired) electrons. The molecule has 0 unspecified atom stereocenters.